The smallest absolute Gasteiger partial charge is 0.0235 e. The van der Waals surface area contributed by atoms with Crippen molar-refractivity contribution in [1.29, 1.82) is 0 Å². The topological polar surface area (TPSA) is 3.24 Å². The van der Waals surface area contributed by atoms with Gasteiger partial charge in [-0.05, 0) is 61.7 Å². The van der Waals surface area contributed by atoms with Gasteiger partial charge in [-0.25, -0.2) is 0 Å². The van der Waals surface area contributed by atoms with Crippen LogP contribution in [0, 0.1) is 5.92 Å². The van der Waals surface area contributed by atoms with Crippen molar-refractivity contribution < 1.29 is 0 Å². The van der Waals surface area contributed by atoms with Gasteiger partial charge in [0.15, 0.2) is 0 Å². The predicted octanol–water partition coefficient (Wildman–Crippen LogP) is 4.77. The zero-order valence-corrected chi connectivity index (χ0v) is 14.0. The average molecular weight is 309 g/mol. The van der Waals surface area contributed by atoms with Crippen LogP contribution in [0.1, 0.15) is 35.4 Å². The molecule has 2 aromatic carbocycles. The van der Waals surface area contributed by atoms with Crippen molar-refractivity contribution in [2.75, 3.05) is 20.1 Å². The first-order valence-corrected chi connectivity index (χ1v) is 9.29. The summed E-state index contributed by atoms with van der Waals surface area (Å²) >= 11 is 2.01. The van der Waals surface area contributed by atoms with Gasteiger partial charge in [-0.1, -0.05) is 42.5 Å². The summed E-state index contributed by atoms with van der Waals surface area (Å²) in [4.78, 5) is 3.96. The van der Waals surface area contributed by atoms with E-state index in [0.29, 0.717) is 5.92 Å². The minimum Gasteiger partial charge on any atom is -0.306 e. The highest BCUT2D eigenvalue weighted by molar-refractivity contribution is 7.98. The SMILES string of the molecule is CN1CCC(C2c3ccccc3CSc3ccccc32)CC1. The first kappa shape index (κ1) is 14.3. The fourth-order valence-electron chi connectivity index (χ4n) is 4.03. The molecule has 0 aromatic heterocycles. The number of thioether (sulfide) groups is 1. The molecule has 2 aliphatic heterocycles. The first-order chi connectivity index (χ1) is 10.8. The van der Waals surface area contributed by atoms with Gasteiger partial charge in [-0.2, -0.15) is 0 Å². The highest BCUT2D eigenvalue weighted by Crippen LogP contribution is 2.46. The molecule has 1 unspecified atom stereocenters. The zero-order chi connectivity index (χ0) is 14.9. The summed E-state index contributed by atoms with van der Waals surface area (Å²) in [6.45, 7) is 2.47. The third-order valence-corrected chi connectivity index (χ3v) is 6.40. The van der Waals surface area contributed by atoms with Crippen molar-refractivity contribution in [2.24, 2.45) is 5.92 Å². The highest BCUT2D eigenvalue weighted by Gasteiger charge is 2.32. The number of rotatable bonds is 1. The number of hydrogen-bond donors (Lipinski definition) is 0. The highest BCUT2D eigenvalue weighted by atomic mass is 32.2. The fraction of sp³-hybridized carbons (Fsp3) is 0.400. The quantitative estimate of drug-likeness (QED) is 0.747. The molecule has 4 rings (SSSR count). The molecule has 1 nitrogen and oxygen atoms in total. The van der Waals surface area contributed by atoms with Crippen LogP contribution in [0.25, 0.3) is 0 Å². The van der Waals surface area contributed by atoms with Crippen molar-refractivity contribution in [3.63, 3.8) is 0 Å². The molecule has 0 N–H and O–H groups in total. The van der Waals surface area contributed by atoms with Crippen LogP contribution in [0.3, 0.4) is 0 Å². The van der Waals surface area contributed by atoms with E-state index in [9.17, 15) is 0 Å². The number of nitrogens with zero attached hydrogens (tertiary/aromatic N) is 1. The molecule has 2 aliphatic rings. The van der Waals surface area contributed by atoms with Crippen molar-refractivity contribution in [3.8, 4) is 0 Å². The van der Waals surface area contributed by atoms with Crippen molar-refractivity contribution in [2.45, 2.75) is 29.4 Å². The minimum atomic E-state index is 0.580. The Kier molecular flexibility index (Phi) is 3.98. The molecule has 0 spiro atoms. The Morgan fingerprint density at radius 2 is 1.59 bits per heavy atom. The van der Waals surface area contributed by atoms with Crippen LogP contribution in [0.5, 0.6) is 0 Å². The molecule has 0 aliphatic carbocycles. The molecular weight excluding hydrogens is 286 g/mol. The maximum atomic E-state index is 2.47. The van der Waals surface area contributed by atoms with Crippen molar-refractivity contribution >= 4 is 11.8 Å². The second-order valence-electron chi connectivity index (χ2n) is 6.64. The molecular formula is C20H23NS. The third-order valence-electron chi connectivity index (χ3n) is 5.26. The number of benzene rings is 2. The van der Waals surface area contributed by atoms with E-state index >= 15 is 0 Å². The van der Waals surface area contributed by atoms with Gasteiger partial charge < -0.3 is 4.90 Å². The standard InChI is InChI=1S/C20H23NS/c1-21-12-10-15(11-13-21)20-17-7-3-2-6-16(17)14-22-19-9-5-4-8-18(19)20/h2-9,15,20H,10-14H2,1H3. The summed E-state index contributed by atoms with van der Waals surface area (Å²) in [5.41, 5.74) is 4.68. The fourth-order valence-corrected chi connectivity index (χ4v) is 5.14. The largest absolute Gasteiger partial charge is 0.306 e. The Hall–Kier alpha value is -1.25. The van der Waals surface area contributed by atoms with Crippen LogP contribution in [0.4, 0.5) is 0 Å². The maximum absolute atomic E-state index is 2.47. The summed E-state index contributed by atoms with van der Waals surface area (Å²) in [5, 5.41) is 0. The van der Waals surface area contributed by atoms with E-state index in [2.05, 4.69) is 60.5 Å². The van der Waals surface area contributed by atoms with Gasteiger partial charge in [-0.3, -0.25) is 0 Å². The molecule has 2 heterocycles. The van der Waals surface area contributed by atoms with E-state index in [4.69, 9.17) is 0 Å². The van der Waals surface area contributed by atoms with E-state index < -0.39 is 0 Å². The van der Waals surface area contributed by atoms with E-state index in [1.165, 1.54) is 36.4 Å². The lowest BCUT2D eigenvalue weighted by atomic mass is 9.75. The van der Waals surface area contributed by atoms with Crippen LogP contribution < -0.4 is 0 Å². The molecule has 114 valence electrons. The molecule has 0 bridgehead atoms. The Labute approximate surface area is 137 Å². The molecule has 0 amide bonds. The van der Waals surface area contributed by atoms with Gasteiger partial charge in [0, 0.05) is 16.6 Å². The summed E-state index contributed by atoms with van der Waals surface area (Å²) in [6, 6.07) is 18.2. The van der Waals surface area contributed by atoms with E-state index in [0.717, 1.165) is 11.7 Å². The minimum absolute atomic E-state index is 0.580. The molecule has 0 saturated carbocycles. The third kappa shape index (κ3) is 2.59. The zero-order valence-electron chi connectivity index (χ0n) is 13.2. The van der Waals surface area contributed by atoms with Crippen LogP contribution in [0.2, 0.25) is 0 Å². The molecule has 22 heavy (non-hydrogen) atoms. The average Bonchev–Trinajstić information content (AvgIpc) is 2.73. The Balaban J connectivity index is 1.80. The van der Waals surface area contributed by atoms with Crippen molar-refractivity contribution in [1.82, 2.24) is 4.90 Å². The number of fused-ring (bicyclic) bond motifs is 2. The number of hydrogen-bond acceptors (Lipinski definition) is 2. The molecule has 1 saturated heterocycles. The van der Waals surface area contributed by atoms with Crippen LogP contribution in [0.15, 0.2) is 53.4 Å². The summed E-state index contributed by atoms with van der Waals surface area (Å²) < 4.78 is 0. The van der Waals surface area contributed by atoms with E-state index in [-0.39, 0.29) is 0 Å². The van der Waals surface area contributed by atoms with Gasteiger partial charge >= 0.3 is 0 Å². The molecule has 2 aromatic rings. The van der Waals surface area contributed by atoms with Gasteiger partial charge in [0.05, 0.1) is 0 Å². The maximum Gasteiger partial charge on any atom is 0.0235 e. The Morgan fingerprint density at radius 3 is 2.41 bits per heavy atom. The summed E-state index contributed by atoms with van der Waals surface area (Å²) in [5.74, 6) is 2.46. The van der Waals surface area contributed by atoms with Crippen LogP contribution in [-0.2, 0) is 5.75 Å². The summed E-state index contributed by atoms with van der Waals surface area (Å²) in [6.07, 6.45) is 2.63. The normalized spacial score (nSPS) is 22.7. The van der Waals surface area contributed by atoms with Crippen LogP contribution >= 0.6 is 11.8 Å². The molecule has 1 atom stereocenters. The number of piperidine rings is 1. The second-order valence-corrected chi connectivity index (χ2v) is 7.66. The molecule has 0 radical (unpaired) electrons. The van der Waals surface area contributed by atoms with E-state index in [1.807, 2.05) is 11.8 Å². The molecule has 1 fully saturated rings. The lowest BCUT2D eigenvalue weighted by Gasteiger charge is -2.35. The summed E-state index contributed by atoms with van der Waals surface area (Å²) in [7, 11) is 2.25. The van der Waals surface area contributed by atoms with Gasteiger partial charge in [0.1, 0.15) is 0 Å². The monoisotopic (exact) mass is 309 g/mol. The number of likely N-dealkylation sites (tertiary alicyclic amines) is 1. The predicted molar refractivity (Wildman–Crippen MR) is 94.5 cm³/mol. The van der Waals surface area contributed by atoms with Gasteiger partial charge in [-0.15, -0.1) is 11.8 Å². The van der Waals surface area contributed by atoms with Gasteiger partial charge in [0.25, 0.3) is 0 Å². The Bertz CT molecular complexity index is 611. The lowest BCUT2D eigenvalue weighted by molar-refractivity contribution is 0.206. The van der Waals surface area contributed by atoms with Gasteiger partial charge in [0.2, 0.25) is 0 Å². The lowest BCUT2D eigenvalue weighted by Crippen LogP contribution is -2.33. The molecule has 2 heteroatoms. The van der Waals surface area contributed by atoms with Crippen molar-refractivity contribution in [3.05, 3.63) is 65.2 Å². The second kappa shape index (κ2) is 6.10. The van der Waals surface area contributed by atoms with Crippen LogP contribution in [-0.4, -0.2) is 25.0 Å². The van der Waals surface area contributed by atoms with E-state index in [1.54, 1.807) is 11.1 Å². The first-order valence-electron chi connectivity index (χ1n) is 8.31. The Morgan fingerprint density at radius 1 is 0.909 bits per heavy atom.